The van der Waals surface area contributed by atoms with Crippen LogP contribution < -0.4 is 20.7 Å². The maximum atomic E-state index is 14.4. The summed E-state index contributed by atoms with van der Waals surface area (Å²) in [5.74, 6) is 1.79. The molecule has 1 aliphatic carbocycles. The largest absolute Gasteiger partial charge is 0.461 e. The predicted octanol–water partition coefficient (Wildman–Crippen LogP) is 4.04. The number of benzene rings is 1. The molecule has 5 fully saturated rings. The summed E-state index contributed by atoms with van der Waals surface area (Å²) in [5.41, 5.74) is 9.83. The Morgan fingerprint density at radius 1 is 1.15 bits per heavy atom. The van der Waals surface area contributed by atoms with Crippen molar-refractivity contribution in [3.63, 3.8) is 0 Å². The molecule has 2 bridgehead atoms. The zero-order chi connectivity index (χ0) is 27.2. The van der Waals surface area contributed by atoms with Crippen molar-refractivity contribution in [3.05, 3.63) is 22.8 Å². The second-order valence-corrected chi connectivity index (χ2v) is 13.0. The van der Waals surface area contributed by atoms with Gasteiger partial charge in [-0.2, -0.15) is 15.1 Å². The third-order valence-corrected chi connectivity index (χ3v) is 10.2. The molecule has 212 valence electrons. The number of nitrogens with one attached hydrogen (secondary N) is 1. The van der Waals surface area contributed by atoms with Gasteiger partial charge in [0.25, 0.3) is 0 Å². The lowest BCUT2D eigenvalue weighted by Crippen LogP contribution is -2.51. The number of hydrogen-bond acceptors (Lipinski definition) is 8. The molecule has 4 saturated heterocycles. The van der Waals surface area contributed by atoms with Crippen LogP contribution in [0.25, 0.3) is 22.0 Å². The monoisotopic (exact) mass is 566 g/mol. The second-order valence-electron chi connectivity index (χ2n) is 12.6. The zero-order valence-corrected chi connectivity index (χ0v) is 23.6. The molecule has 6 heterocycles. The van der Waals surface area contributed by atoms with Crippen LogP contribution in [0.3, 0.4) is 0 Å². The summed E-state index contributed by atoms with van der Waals surface area (Å²) in [6, 6.07) is 5.25. The summed E-state index contributed by atoms with van der Waals surface area (Å²) in [6.45, 7) is 3.57. The fraction of sp³-hybridized carbons (Fsp3) is 0.621. The van der Waals surface area contributed by atoms with Crippen molar-refractivity contribution in [1.29, 1.82) is 0 Å². The molecular formula is C29H36ClFN8O. The Morgan fingerprint density at radius 2 is 1.95 bits per heavy atom. The highest BCUT2D eigenvalue weighted by atomic mass is 35.5. The fourth-order valence-corrected chi connectivity index (χ4v) is 8.14. The summed E-state index contributed by atoms with van der Waals surface area (Å²) in [6.07, 6.45) is 6.33. The number of nitrogen functional groups attached to an aromatic ring is 1. The van der Waals surface area contributed by atoms with Crippen LogP contribution in [0, 0.1) is 0 Å². The number of aromatic nitrogens is 4. The van der Waals surface area contributed by atoms with Gasteiger partial charge in [-0.1, -0.05) is 11.6 Å². The maximum absolute atomic E-state index is 14.4. The van der Waals surface area contributed by atoms with E-state index >= 15 is 0 Å². The standard InChI is InChI=1S/C29H36ClFN8O/c1-37-25(16-3-4-16)24(26(32)36-37)20-10-23-21(9-22(20)30)27(38-13-18-5-6-19(14-38)33-18)35-28(34-23)40-15-29-7-2-8-39(29)12-17(31)11-29/h9-10,16-19,33H,2-8,11-15H2,1H3,(H2,32,36)/t17-,18?,19?,29+/m1/s1. The number of halogens is 2. The first-order valence-corrected chi connectivity index (χ1v) is 15.1. The highest BCUT2D eigenvalue weighted by molar-refractivity contribution is 6.34. The SMILES string of the molecule is Cn1nc(N)c(-c2cc3nc(OC[C@@]45CCCN4C[C@H](F)C5)nc(N4CC5CCC(C4)N5)c3cc2Cl)c1C1CC1. The summed E-state index contributed by atoms with van der Waals surface area (Å²) >= 11 is 7.01. The number of fused-ring (bicyclic) bond motifs is 4. The van der Waals surface area contributed by atoms with Crippen molar-refractivity contribution in [2.75, 3.05) is 43.4 Å². The minimum atomic E-state index is -0.802. The molecule has 2 aromatic heterocycles. The normalized spacial score (nSPS) is 30.0. The highest BCUT2D eigenvalue weighted by Gasteiger charge is 2.49. The van der Waals surface area contributed by atoms with Gasteiger partial charge in [0.2, 0.25) is 0 Å². The molecule has 9 nitrogen and oxygen atoms in total. The van der Waals surface area contributed by atoms with Crippen LogP contribution in [0.5, 0.6) is 6.01 Å². The Balaban J connectivity index is 1.22. The lowest BCUT2D eigenvalue weighted by atomic mass is 9.95. The number of piperazine rings is 1. The molecule has 11 heteroatoms. The lowest BCUT2D eigenvalue weighted by Gasteiger charge is -2.34. The first-order chi connectivity index (χ1) is 19.4. The first-order valence-electron chi connectivity index (χ1n) is 14.7. The minimum Gasteiger partial charge on any atom is -0.461 e. The van der Waals surface area contributed by atoms with Crippen molar-refractivity contribution in [1.82, 2.24) is 30.0 Å². The van der Waals surface area contributed by atoms with Crippen LogP contribution in [0.2, 0.25) is 5.02 Å². The molecule has 4 atom stereocenters. The van der Waals surface area contributed by atoms with E-state index in [2.05, 4.69) is 20.2 Å². The van der Waals surface area contributed by atoms with E-state index in [0.29, 0.717) is 54.4 Å². The zero-order valence-electron chi connectivity index (χ0n) is 22.9. The van der Waals surface area contributed by atoms with Gasteiger partial charge < -0.3 is 20.7 Å². The van der Waals surface area contributed by atoms with E-state index in [4.69, 9.17) is 32.0 Å². The van der Waals surface area contributed by atoms with E-state index in [9.17, 15) is 4.39 Å². The van der Waals surface area contributed by atoms with Gasteiger partial charge in [-0.25, -0.2) is 4.39 Å². The summed E-state index contributed by atoms with van der Waals surface area (Å²) in [7, 11) is 1.95. The van der Waals surface area contributed by atoms with Gasteiger partial charge >= 0.3 is 6.01 Å². The van der Waals surface area contributed by atoms with Crippen molar-refractivity contribution in [2.24, 2.45) is 7.05 Å². The van der Waals surface area contributed by atoms with Crippen LogP contribution in [0.4, 0.5) is 16.0 Å². The van der Waals surface area contributed by atoms with Crippen molar-refractivity contribution < 1.29 is 9.13 Å². The smallest absolute Gasteiger partial charge is 0.319 e. The molecule has 0 amide bonds. The summed E-state index contributed by atoms with van der Waals surface area (Å²) < 4.78 is 22.7. The molecule has 3 aromatic rings. The molecular weight excluding hydrogens is 531 g/mol. The van der Waals surface area contributed by atoms with Crippen LogP contribution in [0.15, 0.2) is 12.1 Å². The van der Waals surface area contributed by atoms with E-state index in [1.807, 2.05) is 23.9 Å². The number of alkyl halides is 1. The number of nitrogens with zero attached hydrogens (tertiary/aromatic N) is 6. The van der Waals surface area contributed by atoms with Crippen LogP contribution >= 0.6 is 11.6 Å². The van der Waals surface area contributed by atoms with Gasteiger partial charge in [0.1, 0.15) is 18.6 Å². The Kier molecular flexibility index (Phi) is 5.74. The average molecular weight is 567 g/mol. The lowest BCUT2D eigenvalue weighted by molar-refractivity contribution is 0.107. The molecule has 4 aliphatic heterocycles. The Morgan fingerprint density at radius 3 is 2.73 bits per heavy atom. The van der Waals surface area contributed by atoms with Crippen LogP contribution in [0.1, 0.15) is 56.6 Å². The third-order valence-electron chi connectivity index (χ3n) is 9.84. The molecule has 2 unspecified atom stereocenters. The van der Waals surface area contributed by atoms with Crippen LogP contribution in [-0.2, 0) is 7.05 Å². The molecule has 0 radical (unpaired) electrons. The molecule has 0 spiro atoms. The van der Waals surface area contributed by atoms with E-state index in [-0.39, 0.29) is 5.54 Å². The van der Waals surface area contributed by atoms with Crippen LogP contribution in [-0.4, -0.2) is 81.2 Å². The predicted molar refractivity (Wildman–Crippen MR) is 154 cm³/mol. The van der Waals surface area contributed by atoms with E-state index in [0.717, 1.165) is 78.9 Å². The molecule has 1 aromatic carbocycles. The van der Waals surface area contributed by atoms with Crippen molar-refractivity contribution >= 4 is 34.1 Å². The number of hydrogen-bond donors (Lipinski definition) is 2. The maximum Gasteiger partial charge on any atom is 0.319 e. The quantitative estimate of drug-likeness (QED) is 0.461. The Hall–Kier alpha value is -2.69. The number of nitrogens with two attached hydrogens (primary N) is 1. The first kappa shape index (κ1) is 25.1. The average Bonchev–Trinajstić information content (AvgIpc) is 3.36. The van der Waals surface area contributed by atoms with Gasteiger partial charge in [-0.05, 0) is 57.2 Å². The number of aryl methyl sites for hydroxylation is 1. The van der Waals surface area contributed by atoms with Gasteiger partial charge in [-0.3, -0.25) is 9.58 Å². The number of rotatable bonds is 6. The van der Waals surface area contributed by atoms with Gasteiger partial charge in [-0.15, -0.1) is 0 Å². The number of ether oxygens (including phenoxy) is 1. The van der Waals surface area contributed by atoms with Gasteiger partial charge in [0.15, 0.2) is 5.82 Å². The van der Waals surface area contributed by atoms with E-state index < -0.39 is 6.17 Å². The molecule has 1 saturated carbocycles. The second kappa shape index (κ2) is 9.16. The molecule has 8 rings (SSSR count). The molecule has 40 heavy (non-hydrogen) atoms. The summed E-state index contributed by atoms with van der Waals surface area (Å²) in [5, 5.41) is 9.77. The fourth-order valence-electron chi connectivity index (χ4n) is 7.89. The van der Waals surface area contributed by atoms with E-state index in [1.165, 1.54) is 12.8 Å². The van der Waals surface area contributed by atoms with Crippen molar-refractivity contribution in [2.45, 2.75) is 74.7 Å². The summed E-state index contributed by atoms with van der Waals surface area (Å²) in [4.78, 5) is 14.5. The Labute approximate surface area is 238 Å². The Bertz CT molecular complexity index is 1480. The molecule has 5 aliphatic rings. The highest BCUT2D eigenvalue weighted by Crippen LogP contribution is 2.48. The van der Waals surface area contributed by atoms with Gasteiger partial charge in [0.05, 0.1) is 16.7 Å². The third kappa shape index (κ3) is 4.05. The van der Waals surface area contributed by atoms with Crippen molar-refractivity contribution in [3.8, 4) is 17.1 Å². The number of anilines is 2. The van der Waals surface area contributed by atoms with E-state index in [1.54, 1.807) is 0 Å². The topological polar surface area (TPSA) is 97.4 Å². The molecule has 3 N–H and O–H groups in total. The minimum absolute atomic E-state index is 0.263. The van der Waals surface area contributed by atoms with Gasteiger partial charge in [0, 0.05) is 72.6 Å².